The quantitative estimate of drug-likeness (QED) is 0.850. The van der Waals surface area contributed by atoms with Gasteiger partial charge in [-0.2, -0.15) is 5.10 Å². The lowest BCUT2D eigenvalue weighted by Crippen LogP contribution is -2.32. The van der Waals surface area contributed by atoms with Crippen LogP contribution in [0.3, 0.4) is 0 Å². The first-order valence-corrected chi connectivity index (χ1v) is 7.24. The van der Waals surface area contributed by atoms with Crippen LogP contribution in [0.25, 0.3) is 0 Å². The van der Waals surface area contributed by atoms with E-state index in [9.17, 15) is 8.78 Å². The number of aryl methyl sites for hydroxylation is 2. The van der Waals surface area contributed by atoms with Crippen molar-refractivity contribution in [2.75, 3.05) is 6.54 Å². The summed E-state index contributed by atoms with van der Waals surface area (Å²) < 4.78 is 28.5. The van der Waals surface area contributed by atoms with Gasteiger partial charge in [-0.15, -0.1) is 0 Å². The average molecular weight is 293 g/mol. The van der Waals surface area contributed by atoms with Gasteiger partial charge < -0.3 is 5.32 Å². The van der Waals surface area contributed by atoms with Gasteiger partial charge in [0.05, 0.1) is 0 Å². The molecular formula is C16H21F2N3. The minimum absolute atomic E-state index is 0.157. The van der Waals surface area contributed by atoms with E-state index in [1.54, 1.807) is 6.20 Å². The number of likely N-dealkylation sites (N-methyl/N-ethyl adjacent to an activating group) is 1. The van der Waals surface area contributed by atoms with Crippen LogP contribution in [0.1, 0.15) is 24.6 Å². The molecule has 0 saturated heterocycles. The van der Waals surface area contributed by atoms with Crippen LogP contribution in [-0.4, -0.2) is 22.4 Å². The molecule has 0 radical (unpaired) electrons. The Kier molecular flexibility index (Phi) is 5.44. The largest absolute Gasteiger partial charge is 0.314 e. The molecule has 1 heterocycles. The number of aromatic nitrogens is 2. The van der Waals surface area contributed by atoms with E-state index in [1.807, 2.05) is 24.7 Å². The summed E-state index contributed by atoms with van der Waals surface area (Å²) in [7, 11) is 1.91. The highest BCUT2D eigenvalue weighted by Gasteiger charge is 2.13. The molecule has 1 aromatic heterocycles. The Morgan fingerprint density at radius 1 is 1.29 bits per heavy atom. The topological polar surface area (TPSA) is 29.9 Å². The molecule has 0 aliphatic heterocycles. The smallest absolute Gasteiger partial charge is 0.129 e. The monoisotopic (exact) mass is 293 g/mol. The van der Waals surface area contributed by atoms with Crippen LogP contribution in [0.4, 0.5) is 8.78 Å². The van der Waals surface area contributed by atoms with Crippen molar-refractivity contribution < 1.29 is 8.78 Å². The Morgan fingerprint density at radius 2 is 2.10 bits per heavy atom. The third-order valence-corrected chi connectivity index (χ3v) is 3.65. The van der Waals surface area contributed by atoms with Gasteiger partial charge >= 0.3 is 0 Å². The van der Waals surface area contributed by atoms with Crippen molar-refractivity contribution in [1.29, 1.82) is 0 Å². The maximum Gasteiger partial charge on any atom is 0.129 e. The molecule has 114 valence electrons. The zero-order chi connectivity index (χ0) is 15.2. The van der Waals surface area contributed by atoms with E-state index in [0.717, 1.165) is 31.1 Å². The fourth-order valence-corrected chi connectivity index (χ4v) is 2.49. The number of hydrogen-bond donors (Lipinski definition) is 1. The lowest BCUT2D eigenvalue weighted by atomic mass is 10.00. The standard InChI is InChI=1S/C16H21F2N3/c1-3-19-14(6-7-15-8-9-20-21(15)2)10-12-4-5-13(17)11-16(12)18/h4-5,8-9,11,14,19H,3,6-7,10H2,1-2H3. The van der Waals surface area contributed by atoms with Crippen molar-refractivity contribution >= 4 is 0 Å². The predicted octanol–water partition coefficient (Wildman–Crippen LogP) is 2.85. The zero-order valence-electron chi connectivity index (χ0n) is 12.4. The highest BCUT2D eigenvalue weighted by Crippen LogP contribution is 2.14. The Bertz CT molecular complexity index is 581. The van der Waals surface area contributed by atoms with E-state index in [1.165, 1.54) is 12.1 Å². The molecule has 1 N–H and O–H groups in total. The summed E-state index contributed by atoms with van der Waals surface area (Å²) in [4.78, 5) is 0. The van der Waals surface area contributed by atoms with Gasteiger partial charge in [-0.3, -0.25) is 4.68 Å². The van der Waals surface area contributed by atoms with E-state index in [0.29, 0.717) is 12.0 Å². The van der Waals surface area contributed by atoms with E-state index in [-0.39, 0.29) is 6.04 Å². The second-order valence-corrected chi connectivity index (χ2v) is 5.18. The molecule has 1 aromatic carbocycles. The van der Waals surface area contributed by atoms with Gasteiger partial charge in [0, 0.05) is 31.0 Å². The first-order valence-electron chi connectivity index (χ1n) is 7.24. The summed E-state index contributed by atoms with van der Waals surface area (Å²) in [5, 5.41) is 7.51. The van der Waals surface area contributed by atoms with Crippen molar-refractivity contribution in [1.82, 2.24) is 15.1 Å². The highest BCUT2D eigenvalue weighted by molar-refractivity contribution is 5.19. The Hall–Kier alpha value is -1.75. The average Bonchev–Trinajstić information content (AvgIpc) is 2.85. The predicted molar refractivity (Wildman–Crippen MR) is 79.1 cm³/mol. The summed E-state index contributed by atoms with van der Waals surface area (Å²) in [5.74, 6) is -1.01. The number of nitrogens with zero attached hydrogens (tertiary/aromatic N) is 2. The summed E-state index contributed by atoms with van der Waals surface area (Å²) >= 11 is 0. The van der Waals surface area contributed by atoms with Gasteiger partial charge in [0.15, 0.2) is 0 Å². The van der Waals surface area contributed by atoms with Crippen LogP contribution in [0.15, 0.2) is 30.5 Å². The molecule has 0 saturated carbocycles. The third-order valence-electron chi connectivity index (χ3n) is 3.65. The van der Waals surface area contributed by atoms with Gasteiger partial charge in [-0.25, -0.2) is 8.78 Å². The van der Waals surface area contributed by atoms with Crippen LogP contribution in [0, 0.1) is 11.6 Å². The molecule has 21 heavy (non-hydrogen) atoms. The number of rotatable bonds is 7. The first kappa shape index (κ1) is 15.6. The summed E-state index contributed by atoms with van der Waals surface area (Å²) in [5.41, 5.74) is 1.70. The second-order valence-electron chi connectivity index (χ2n) is 5.18. The van der Waals surface area contributed by atoms with Crippen molar-refractivity contribution in [3.63, 3.8) is 0 Å². The van der Waals surface area contributed by atoms with E-state index in [4.69, 9.17) is 0 Å². The lowest BCUT2D eigenvalue weighted by Gasteiger charge is -2.18. The van der Waals surface area contributed by atoms with Gasteiger partial charge in [0.2, 0.25) is 0 Å². The SMILES string of the molecule is CCNC(CCc1ccnn1C)Cc1ccc(F)cc1F. The van der Waals surface area contributed by atoms with Gasteiger partial charge in [0.25, 0.3) is 0 Å². The van der Waals surface area contributed by atoms with E-state index >= 15 is 0 Å². The molecule has 1 unspecified atom stereocenters. The van der Waals surface area contributed by atoms with Crippen LogP contribution in [0.2, 0.25) is 0 Å². The normalized spacial score (nSPS) is 12.6. The maximum atomic E-state index is 13.7. The second kappa shape index (κ2) is 7.31. The molecule has 0 fully saturated rings. The Labute approximate surface area is 124 Å². The van der Waals surface area contributed by atoms with E-state index in [2.05, 4.69) is 10.4 Å². The summed E-state index contributed by atoms with van der Waals surface area (Å²) in [6.45, 7) is 2.84. The zero-order valence-corrected chi connectivity index (χ0v) is 12.4. The molecule has 0 amide bonds. The minimum Gasteiger partial charge on any atom is -0.314 e. The molecule has 2 rings (SSSR count). The molecule has 1 atom stereocenters. The van der Waals surface area contributed by atoms with Crippen molar-refractivity contribution in [3.05, 3.63) is 53.4 Å². The third kappa shape index (κ3) is 4.36. The Morgan fingerprint density at radius 3 is 2.71 bits per heavy atom. The molecule has 5 heteroatoms. The van der Waals surface area contributed by atoms with Gasteiger partial charge in [0.1, 0.15) is 11.6 Å². The van der Waals surface area contributed by atoms with Gasteiger partial charge in [-0.1, -0.05) is 13.0 Å². The maximum absolute atomic E-state index is 13.7. The fourth-order valence-electron chi connectivity index (χ4n) is 2.49. The fraction of sp³-hybridized carbons (Fsp3) is 0.438. The lowest BCUT2D eigenvalue weighted by molar-refractivity contribution is 0.472. The van der Waals surface area contributed by atoms with Crippen LogP contribution >= 0.6 is 0 Å². The van der Waals surface area contributed by atoms with Crippen molar-refractivity contribution in [2.24, 2.45) is 7.05 Å². The van der Waals surface area contributed by atoms with Crippen molar-refractivity contribution in [3.8, 4) is 0 Å². The summed E-state index contributed by atoms with van der Waals surface area (Å²) in [6.07, 6.45) is 4.08. The molecule has 0 bridgehead atoms. The van der Waals surface area contributed by atoms with Crippen molar-refractivity contribution in [2.45, 2.75) is 32.2 Å². The molecule has 0 aliphatic rings. The highest BCUT2D eigenvalue weighted by atomic mass is 19.1. The molecule has 2 aromatic rings. The number of hydrogen-bond acceptors (Lipinski definition) is 2. The van der Waals surface area contributed by atoms with Crippen LogP contribution < -0.4 is 5.32 Å². The number of halogens is 2. The number of benzene rings is 1. The van der Waals surface area contributed by atoms with E-state index < -0.39 is 11.6 Å². The molecule has 0 spiro atoms. The number of nitrogens with one attached hydrogen (secondary N) is 1. The Balaban J connectivity index is 1.99. The molecule has 3 nitrogen and oxygen atoms in total. The minimum atomic E-state index is -0.536. The van der Waals surface area contributed by atoms with Crippen LogP contribution in [0.5, 0.6) is 0 Å². The first-order chi connectivity index (χ1) is 10.1. The van der Waals surface area contributed by atoms with Gasteiger partial charge in [-0.05, 0) is 43.5 Å². The summed E-state index contributed by atoms with van der Waals surface area (Å²) in [6, 6.07) is 5.92. The molecule has 0 aliphatic carbocycles. The molecular weight excluding hydrogens is 272 g/mol. The van der Waals surface area contributed by atoms with Crippen LogP contribution in [-0.2, 0) is 19.9 Å².